The van der Waals surface area contributed by atoms with Gasteiger partial charge in [-0.3, -0.25) is 9.59 Å². The topological polar surface area (TPSA) is 63.6 Å². The SMILES string of the molecule is CC[C@@H]1C(=O)O[C@H]1[C@@H](C)C/C(C)=C/[C@@H](C)C(=O)[C@@H](C)[C@H](O)[C@@H](C)CC. The van der Waals surface area contributed by atoms with Gasteiger partial charge in [-0.05, 0) is 31.6 Å². The summed E-state index contributed by atoms with van der Waals surface area (Å²) in [5.41, 5.74) is 1.14. The van der Waals surface area contributed by atoms with Crippen LogP contribution >= 0.6 is 0 Å². The number of carbonyl (C=O) groups excluding carboxylic acids is 2. The molecule has 7 atom stereocenters. The van der Waals surface area contributed by atoms with Crippen molar-refractivity contribution in [3.8, 4) is 0 Å². The van der Waals surface area contributed by atoms with Gasteiger partial charge in [0.1, 0.15) is 11.9 Å². The van der Waals surface area contributed by atoms with E-state index in [9.17, 15) is 14.7 Å². The van der Waals surface area contributed by atoms with Crippen molar-refractivity contribution in [1.29, 1.82) is 0 Å². The summed E-state index contributed by atoms with van der Waals surface area (Å²) < 4.78 is 5.30. The number of esters is 1. The van der Waals surface area contributed by atoms with Gasteiger partial charge in [-0.25, -0.2) is 0 Å². The van der Waals surface area contributed by atoms with Gasteiger partial charge in [0.25, 0.3) is 0 Å². The van der Waals surface area contributed by atoms with Crippen molar-refractivity contribution in [3.05, 3.63) is 11.6 Å². The van der Waals surface area contributed by atoms with Crippen LogP contribution in [0, 0.1) is 29.6 Å². The third-order valence-corrected chi connectivity index (χ3v) is 5.77. The summed E-state index contributed by atoms with van der Waals surface area (Å²) in [5, 5.41) is 10.3. The monoisotopic (exact) mass is 352 g/mol. The predicted octanol–water partition coefficient (Wildman–Crippen LogP) is 4.16. The van der Waals surface area contributed by atoms with Crippen molar-refractivity contribution in [2.75, 3.05) is 0 Å². The molecule has 144 valence electrons. The van der Waals surface area contributed by atoms with E-state index >= 15 is 0 Å². The number of hydrogen-bond donors (Lipinski definition) is 1. The molecule has 0 unspecified atom stereocenters. The highest BCUT2D eigenvalue weighted by Crippen LogP contribution is 2.34. The van der Waals surface area contributed by atoms with Crippen molar-refractivity contribution in [2.24, 2.45) is 29.6 Å². The molecule has 1 heterocycles. The van der Waals surface area contributed by atoms with Crippen LogP contribution in [0.2, 0.25) is 0 Å². The van der Waals surface area contributed by atoms with E-state index in [2.05, 4.69) is 6.92 Å². The highest BCUT2D eigenvalue weighted by molar-refractivity contribution is 5.85. The summed E-state index contributed by atoms with van der Waals surface area (Å²) in [5.74, 6) is -0.179. The predicted molar refractivity (Wildman–Crippen MR) is 100.0 cm³/mol. The molecule has 25 heavy (non-hydrogen) atoms. The summed E-state index contributed by atoms with van der Waals surface area (Å²) >= 11 is 0. The van der Waals surface area contributed by atoms with Gasteiger partial charge in [-0.2, -0.15) is 0 Å². The fraction of sp³-hybridized carbons (Fsp3) is 0.810. The van der Waals surface area contributed by atoms with Gasteiger partial charge in [0, 0.05) is 11.8 Å². The van der Waals surface area contributed by atoms with Crippen molar-refractivity contribution in [1.82, 2.24) is 0 Å². The van der Waals surface area contributed by atoms with E-state index in [1.807, 2.05) is 47.6 Å². The number of hydrogen-bond acceptors (Lipinski definition) is 4. The molecule has 0 aromatic carbocycles. The van der Waals surface area contributed by atoms with Gasteiger partial charge < -0.3 is 9.84 Å². The second-order valence-electron chi connectivity index (χ2n) is 7.97. The molecule has 1 rings (SSSR count). The van der Waals surface area contributed by atoms with E-state index in [0.717, 1.165) is 24.8 Å². The van der Waals surface area contributed by atoms with Crippen molar-refractivity contribution < 1.29 is 19.4 Å². The molecular formula is C21H36O4. The third kappa shape index (κ3) is 5.40. The highest BCUT2D eigenvalue weighted by Gasteiger charge is 2.43. The number of Topliss-reactive ketones (excluding diaryl/α,β-unsaturated/α-hetero) is 1. The molecule has 0 radical (unpaired) electrons. The lowest BCUT2D eigenvalue weighted by Crippen LogP contribution is -2.48. The maximum Gasteiger partial charge on any atom is 0.313 e. The Kier molecular flexibility index (Phi) is 8.33. The Morgan fingerprint density at radius 3 is 2.32 bits per heavy atom. The molecule has 4 heteroatoms. The molecule has 0 saturated carbocycles. The van der Waals surface area contributed by atoms with Crippen LogP contribution in [-0.2, 0) is 14.3 Å². The van der Waals surface area contributed by atoms with Crippen molar-refractivity contribution in [3.63, 3.8) is 0 Å². The molecule has 0 aromatic rings. The Balaban J connectivity index is 2.62. The molecular weight excluding hydrogens is 316 g/mol. The minimum absolute atomic E-state index is 0.00185. The molecule has 0 aliphatic carbocycles. The second-order valence-corrected chi connectivity index (χ2v) is 7.97. The lowest BCUT2D eigenvalue weighted by Gasteiger charge is -2.38. The number of carbonyl (C=O) groups is 2. The average Bonchev–Trinajstić information content (AvgIpc) is 2.56. The summed E-state index contributed by atoms with van der Waals surface area (Å²) in [6, 6.07) is 0. The first-order chi connectivity index (χ1) is 11.6. The zero-order chi connectivity index (χ0) is 19.3. The summed E-state index contributed by atoms with van der Waals surface area (Å²) in [7, 11) is 0. The average molecular weight is 353 g/mol. The Hall–Kier alpha value is -1.16. The third-order valence-electron chi connectivity index (χ3n) is 5.77. The zero-order valence-electron chi connectivity index (χ0n) is 16.9. The van der Waals surface area contributed by atoms with E-state index in [1.54, 1.807) is 0 Å². The molecule has 1 saturated heterocycles. The minimum Gasteiger partial charge on any atom is -0.461 e. The van der Waals surface area contributed by atoms with E-state index < -0.39 is 6.10 Å². The van der Waals surface area contributed by atoms with E-state index in [4.69, 9.17) is 4.74 Å². The Morgan fingerprint density at radius 1 is 1.24 bits per heavy atom. The number of allylic oxidation sites excluding steroid dienone is 2. The highest BCUT2D eigenvalue weighted by atomic mass is 16.6. The number of rotatable bonds is 10. The first-order valence-electron chi connectivity index (χ1n) is 9.73. The molecule has 1 fully saturated rings. The minimum atomic E-state index is -0.590. The van der Waals surface area contributed by atoms with Gasteiger partial charge in [0.2, 0.25) is 0 Å². The fourth-order valence-electron chi connectivity index (χ4n) is 3.80. The van der Waals surface area contributed by atoms with Crippen LogP contribution in [0.3, 0.4) is 0 Å². The number of ether oxygens (including phenoxy) is 1. The Labute approximate surface area is 153 Å². The lowest BCUT2D eigenvalue weighted by molar-refractivity contribution is -0.191. The van der Waals surface area contributed by atoms with Crippen LogP contribution in [-0.4, -0.2) is 29.1 Å². The van der Waals surface area contributed by atoms with Crippen LogP contribution in [0.4, 0.5) is 0 Å². The maximum absolute atomic E-state index is 12.6. The molecule has 0 amide bonds. The Bertz CT molecular complexity index is 496. The molecule has 1 N–H and O–H groups in total. The van der Waals surface area contributed by atoms with Crippen molar-refractivity contribution >= 4 is 11.8 Å². The van der Waals surface area contributed by atoms with E-state index in [1.165, 1.54) is 0 Å². The number of ketones is 1. The van der Waals surface area contributed by atoms with E-state index in [0.29, 0.717) is 0 Å². The molecule has 1 aliphatic rings. The van der Waals surface area contributed by atoms with Crippen LogP contribution in [0.5, 0.6) is 0 Å². The zero-order valence-corrected chi connectivity index (χ0v) is 16.9. The smallest absolute Gasteiger partial charge is 0.313 e. The van der Waals surface area contributed by atoms with Gasteiger partial charge in [0.15, 0.2) is 0 Å². The van der Waals surface area contributed by atoms with Crippen LogP contribution in [0.25, 0.3) is 0 Å². The van der Waals surface area contributed by atoms with Crippen LogP contribution in [0.15, 0.2) is 11.6 Å². The van der Waals surface area contributed by atoms with Crippen LogP contribution in [0.1, 0.15) is 67.7 Å². The molecule has 4 nitrogen and oxygen atoms in total. The summed E-state index contributed by atoms with van der Waals surface area (Å²) in [6.07, 6.45) is 3.90. The number of aliphatic hydroxyl groups excluding tert-OH is 1. The van der Waals surface area contributed by atoms with Gasteiger partial charge >= 0.3 is 5.97 Å². The number of aliphatic hydroxyl groups is 1. The lowest BCUT2D eigenvalue weighted by atomic mass is 9.81. The van der Waals surface area contributed by atoms with Crippen LogP contribution < -0.4 is 0 Å². The summed E-state index contributed by atoms with van der Waals surface area (Å²) in [6.45, 7) is 13.9. The fourth-order valence-corrected chi connectivity index (χ4v) is 3.80. The maximum atomic E-state index is 12.6. The van der Waals surface area contributed by atoms with Gasteiger partial charge in [-0.1, -0.05) is 59.6 Å². The van der Waals surface area contributed by atoms with Crippen molar-refractivity contribution in [2.45, 2.75) is 79.9 Å². The number of cyclic esters (lactones) is 1. The molecule has 1 aliphatic heterocycles. The largest absolute Gasteiger partial charge is 0.461 e. The molecule has 0 spiro atoms. The standard InChI is InChI=1S/C21H36O4/c1-8-13(4)18(22)16(7)19(23)14(5)10-12(3)11-15(6)20-17(9-2)21(24)25-20/h10,13-18,20,22H,8-9,11H2,1-7H3/b12-10+/t13-,14+,15-,16-,17-,18+,20-/m0/s1. The van der Waals surface area contributed by atoms with Gasteiger partial charge in [0.05, 0.1) is 12.0 Å². The van der Waals surface area contributed by atoms with E-state index in [-0.39, 0.29) is 47.4 Å². The Morgan fingerprint density at radius 2 is 1.84 bits per heavy atom. The normalized spacial score (nSPS) is 26.9. The van der Waals surface area contributed by atoms with Gasteiger partial charge in [-0.15, -0.1) is 0 Å². The molecule has 0 bridgehead atoms. The quantitative estimate of drug-likeness (QED) is 0.474. The first-order valence-corrected chi connectivity index (χ1v) is 9.73. The summed E-state index contributed by atoms with van der Waals surface area (Å²) in [4.78, 5) is 24.0. The second kappa shape index (κ2) is 9.51. The first kappa shape index (κ1) is 21.9. The molecule has 0 aromatic heterocycles.